The normalized spacial score (nSPS) is 15.5. The molecule has 0 spiro atoms. The van der Waals surface area contributed by atoms with Crippen LogP contribution in [0.3, 0.4) is 0 Å². The molecule has 9 nitrogen and oxygen atoms in total. The number of aromatic nitrogens is 2. The number of nitrogens with zero attached hydrogens (tertiary/aromatic N) is 4. The molecule has 0 atom stereocenters. The Morgan fingerprint density at radius 3 is 2.59 bits per heavy atom. The number of amides is 2. The molecule has 1 aromatic heterocycles. The van der Waals surface area contributed by atoms with Crippen molar-refractivity contribution in [1.29, 1.82) is 0 Å². The first-order valence-electron chi connectivity index (χ1n) is 9.35. The van der Waals surface area contributed by atoms with Crippen LogP contribution in [-0.2, 0) is 14.8 Å². The van der Waals surface area contributed by atoms with E-state index in [2.05, 4.69) is 14.9 Å². The largest absolute Gasteiger partial charge is 0.343 e. The van der Waals surface area contributed by atoms with Crippen molar-refractivity contribution in [2.75, 3.05) is 33.7 Å². The highest BCUT2D eigenvalue weighted by Crippen LogP contribution is 2.22. The maximum absolute atomic E-state index is 12.4. The summed E-state index contributed by atoms with van der Waals surface area (Å²) in [5.74, 6) is -0.637. The van der Waals surface area contributed by atoms with E-state index in [1.54, 1.807) is 17.4 Å². The Morgan fingerprint density at radius 2 is 1.97 bits per heavy atom. The van der Waals surface area contributed by atoms with Gasteiger partial charge in [-0.1, -0.05) is 6.07 Å². The number of sulfonamides is 1. The van der Waals surface area contributed by atoms with Crippen LogP contribution in [0.4, 0.5) is 0 Å². The third-order valence-corrected chi connectivity index (χ3v) is 6.85. The van der Waals surface area contributed by atoms with Gasteiger partial charge in [0.1, 0.15) is 0 Å². The lowest BCUT2D eigenvalue weighted by Crippen LogP contribution is -2.44. The van der Waals surface area contributed by atoms with Crippen LogP contribution in [0.2, 0.25) is 0 Å². The minimum atomic E-state index is -3.63. The van der Waals surface area contributed by atoms with Crippen LogP contribution in [0.15, 0.2) is 47.9 Å². The standard InChI is InChI=1S/C19H25N5O4S/c1-22(2)29(27,28)17-5-3-4-15(12-17)19(26)21-13-18(25)23-9-6-16(7-10-23)24-11-8-20-14-24/h3-5,8,11-12,14,16H,6-7,9-10,13H2,1-2H3,(H,21,26). The van der Waals surface area contributed by atoms with Gasteiger partial charge < -0.3 is 14.8 Å². The Bertz CT molecular complexity index is 964. The van der Waals surface area contributed by atoms with E-state index in [1.807, 2.05) is 6.20 Å². The van der Waals surface area contributed by atoms with Crippen LogP contribution in [0.1, 0.15) is 29.2 Å². The lowest BCUT2D eigenvalue weighted by atomic mass is 10.0. The molecular weight excluding hydrogens is 394 g/mol. The Morgan fingerprint density at radius 1 is 1.24 bits per heavy atom. The second kappa shape index (κ2) is 8.75. The zero-order valence-corrected chi connectivity index (χ0v) is 17.3. The highest BCUT2D eigenvalue weighted by Gasteiger charge is 2.24. The summed E-state index contributed by atoms with van der Waals surface area (Å²) in [5, 5.41) is 2.59. The van der Waals surface area contributed by atoms with Crippen LogP contribution < -0.4 is 5.32 Å². The third-order valence-electron chi connectivity index (χ3n) is 5.04. The van der Waals surface area contributed by atoms with Crippen molar-refractivity contribution >= 4 is 21.8 Å². The second-order valence-electron chi connectivity index (χ2n) is 7.12. The molecule has 0 aliphatic carbocycles. The third kappa shape index (κ3) is 4.83. The highest BCUT2D eigenvalue weighted by molar-refractivity contribution is 7.89. The minimum absolute atomic E-state index is 0.0306. The van der Waals surface area contributed by atoms with Crippen molar-refractivity contribution in [1.82, 2.24) is 24.1 Å². The quantitative estimate of drug-likeness (QED) is 0.743. The fraction of sp³-hybridized carbons (Fsp3) is 0.421. The van der Waals surface area contributed by atoms with Crippen LogP contribution in [-0.4, -0.2) is 72.7 Å². The summed E-state index contributed by atoms with van der Waals surface area (Å²) in [7, 11) is -0.779. The van der Waals surface area contributed by atoms with Gasteiger partial charge in [0, 0.05) is 51.2 Å². The van der Waals surface area contributed by atoms with Crippen molar-refractivity contribution < 1.29 is 18.0 Å². The molecule has 0 bridgehead atoms. The summed E-state index contributed by atoms with van der Waals surface area (Å²) < 4.78 is 27.6. The summed E-state index contributed by atoms with van der Waals surface area (Å²) in [6.07, 6.45) is 7.12. The van der Waals surface area contributed by atoms with Crippen molar-refractivity contribution in [3.63, 3.8) is 0 Å². The SMILES string of the molecule is CN(C)S(=O)(=O)c1cccc(C(=O)NCC(=O)N2CCC(n3ccnc3)CC2)c1. The van der Waals surface area contributed by atoms with Gasteiger partial charge in [-0.2, -0.15) is 0 Å². The Kier molecular flexibility index (Phi) is 6.33. The van der Waals surface area contributed by atoms with Crippen LogP contribution in [0.5, 0.6) is 0 Å². The molecule has 2 heterocycles. The average Bonchev–Trinajstić information content (AvgIpc) is 3.26. The first kappa shape index (κ1) is 21.0. The number of benzene rings is 1. The van der Waals surface area contributed by atoms with Gasteiger partial charge in [0.15, 0.2) is 0 Å². The maximum Gasteiger partial charge on any atom is 0.251 e. The van der Waals surface area contributed by atoms with E-state index in [-0.39, 0.29) is 22.9 Å². The van der Waals surface area contributed by atoms with Crippen LogP contribution >= 0.6 is 0 Å². The fourth-order valence-corrected chi connectivity index (χ4v) is 4.23. The maximum atomic E-state index is 12.4. The molecule has 1 N–H and O–H groups in total. The predicted molar refractivity (Wildman–Crippen MR) is 107 cm³/mol. The first-order chi connectivity index (χ1) is 13.8. The van der Waals surface area contributed by atoms with Gasteiger partial charge in [-0.25, -0.2) is 17.7 Å². The molecule has 1 aromatic carbocycles. The van der Waals surface area contributed by atoms with E-state index in [0.717, 1.165) is 17.1 Å². The number of carbonyl (C=O) groups excluding carboxylic acids is 2. The van der Waals surface area contributed by atoms with Crippen LogP contribution in [0.25, 0.3) is 0 Å². The lowest BCUT2D eigenvalue weighted by molar-refractivity contribution is -0.131. The van der Waals surface area contributed by atoms with E-state index in [4.69, 9.17) is 0 Å². The van der Waals surface area contributed by atoms with Crippen molar-refractivity contribution in [2.45, 2.75) is 23.8 Å². The number of rotatable bonds is 6. The molecule has 0 radical (unpaired) electrons. The van der Waals surface area contributed by atoms with E-state index < -0.39 is 15.9 Å². The molecule has 0 saturated carbocycles. The number of carbonyl (C=O) groups is 2. The molecule has 1 aliphatic heterocycles. The van der Waals surface area contributed by atoms with Gasteiger partial charge in [0.05, 0.1) is 17.8 Å². The number of hydrogen-bond donors (Lipinski definition) is 1. The zero-order valence-electron chi connectivity index (χ0n) is 16.5. The van der Waals surface area contributed by atoms with Gasteiger partial charge in [0.25, 0.3) is 5.91 Å². The first-order valence-corrected chi connectivity index (χ1v) is 10.8. The van der Waals surface area contributed by atoms with E-state index in [9.17, 15) is 18.0 Å². The summed E-state index contributed by atoms with van der Waals surface area (Å²) in [6.45, 7) is 1.11. The molecule has 1 fully saturated rings. The topological polar surface area (TPSA) is 105 Å². The molecular formula is C19H25N5O4S. The van der Waals surface area contributed by atoms with Crippen molar-refractivity contribution in [3.8, 4) is 0 Å². The van der Waals surface area contributed by atoms with E-state index in [1.165, 1.54) is 38.4 Å². The second-order valence-corrected chi connectivity index (χ2v) is 9.27. The minimum Gasteiger partial charge on any atom is -0.343 e. The Labute approximate surface area is 170 Å². The van der Waals surface area contributed by atoms with Gasteiger partial charge in [-0.15, -0.1) is 0 Å². The Hall–Kier alpha value is -2.72. The highest BCUT2D eigenvalue weighted by atomic mass is 32.2. The van der Waals surface area contributed by atoms with Crippen LogP contribution in [0, 0.1) is 0 Å². The molecule has 0 unspecified atom stereocenters. The summed E-state index contributed by atoms with van der Waals surface area (Å²) in [6, 6.07) is 6.10. The van der Waals surface area contributed by atoms with Gasteiger partial charge >= 0.3 is 0 Å². The lowest BCUT2D eigenvalue weighted by Gasteiger charge is -2.32. The number of piperidine rings is 1. The smallest absolute Gasteiger partial charge is 0.251 e. The van der Waals surface area contributed by atoms with Crippen molar-refractivity contribution in [3.05, 3.63) is 48.5 Å². The number of hydrogen-bond acceptors (Lipinski definition) is 5. The fourth-order valence-electron chi connectivity index (χ4n) is 3.28. The summed E-state index contributed by atoms with van der Waals surface area (Å²) in [5.41, 5.74) is 0.194. The van der Waals surface area contributed by atoms with Gasteiger partial charge in [0.2, 0.25) is 15.9 Å². The molecule has 2 amide bonds. The molecule has 156 valence electrons. The summed E-state index contributed by atoms with van der Waals surface area (Å²) in [4.78, 5) is 30.6. The van der Waals surface area contributed by atoms with E-state index in [0.29, 0.717) is 19.1 Å². The number of imidazole rings is 1. The molecule has 3 rings (SSSR count). The van der Waals surface area contributed by atoms with E-state index >= 15 is 0 Å². The molecule has 29 heavy (non-hydrogen) atoms. The molecule has 2 aromatic rings. The average molecular weight is 420 g/mol. The number of likely N-dealkylation sites (tertiary alicyclic amines) is 1. The van der Waals surface area contributed by atoms with Gasteiger partial charge in [-0.05, 0) is 31.0 Å². The van der Waals surface area contributed by atoms with Gasteiger partial charge in [-0.3, -0.25) is 9.59 Å². The zero-order chi connectivity index (χ0) is 21.0. The molecule has 10 heteroatoms. The Balaban J connectivity index is 1.54. The monoisotopic (exact) mass is 419 g/mol. The summed E-state index contributed by atoms with van der Waals surface area (Å²) >= 11 is 0. The molecule has 1 saturated heterocycles. The number of nitrogens with one attached hydrogen (secondary N) is 1. The predicted octanol–water partition coefficient (Wildman–Crippen LogP) is 0.727. The molecule has 1 aliphatic rings. The van der Waals surface area contributed by atoms with Crippen molar-refractivity contribution in [2.24, 2.45) is 0 Å².